The third kappa shape index (κ3) is 8.93. The fourth-order valence-electron chi connectivity index (χ4n) is 4.43. The first kappa shape index (κ1) is 28.2. The fraction of sp³-hybridized carbons (Fsp3) is 0.708. The van der Waals surface area contributed by atoms with Gasteiger partial charge in [-0.05, 0) is 38.1 Å². The predicted octanol–water partition coefficient (Wildman–Crippen LogP) is 2.40. The largest absolute Gasteiger partial charge is 0.379 e. The van der Waals surface area contributed by atoms with E-state index in [4.69, 9.17) is 9.73 Å². The molecule has 2 N–H and O–H groups in total. The molecule has 0 bridgehead atoms. The van der Waals surface area contributed by atoms with Crippen LogP contribution in [0.4, 0.5) is 4.39 Å². The molecule has 0 radical (unpaired) electrons. The normalized spacial score (nSPS) is 20.7. The highest BCUT2D eigenvalue weighted by Gasteiger charge is 2.23. The van der Waals surface area contributed by atoms with Crippen LogP contribution in [0, 0.1) is 5.82 Å². The Bertz CT molecular complexity index is 693. The number of benzene rings is 1. The molecule has 2 heterocycles. The molecular weight excluding hydrogens is 534 g/mol. The molecule has 2 unspecified atom stereocenters. The van der Waals surface area contributed by atoms with Crippen LogP contribution in [0.15, 0.2) is 29.3 Å². The maximum Gasteiger partial charge on any atom is 0.191 e. The number of halogens is 2. The monoisotopic (exact) mass is 576 g/mol. The fourth-order valence-corrected chi connectivity index (χ4v) is 4.43. The molecule has 2 aliphatic heterocycles. The average molecular weight is 577 g/mol. The average Bonchev–Trinajstić information content (AvgIpc) is 2.84. The first-order chi connectivity index (χ1) is 15.6. The van der Waals surface area contributed by atoms with Crippen molar-refractivity contribution in [2.24, 2.45) is 4.99 Å². The van der Waals surface area contributed by atoms with Crippen LogP contribution in [0.1, 0.15) is 32.4 Å². The number of aliphatic imine (C=N–C) groups is 1. The van der Waals surface area contributed by atoms with Crippen molar-refractivity contribution in [1.82, 2.24) is 25.3 Å². The van der Waals surface area contributed by atoms with Crippen molar-refractivity contribution in [3.8, 4) is 0 Å². The molecule has 9 heteroatoms. The maximum atomic E-state index is 13.5. The molecular formula is C24H42FIN6O. The Kier molecular flexibility index (Phi) is 12.9. The Morgan fingerprint density at radius 2 is 1.67 bits per heavy atom. The van der Waals surface area contributed by atoms with E-state index in [0.29, 0.717) is 12.6 Å². The van der Waals surface area contributed by atoms with Crippen LogP contribution in [-0.4, -0.2) is 105 Å². The van der Waals surface area contributed by atoms with Crippen molar-refractivity contribution in [1.29, 1.82) is 0 Å². The summed E-state index contributed by atoms with van der Waals surface area (Å²) in [5, 5.41) is 6.93. The van der Waals surface area contributed by atoms with E-state index in [2.05, 4.69) is 46.1 Å². The van der Waals surface area contributed by atoms with Gasteiger partial charge in [-0.2, -0.15) is 0 Å². The van der Waals surface area contributed by atoms with Crippen LogP contribution in [0.2, 0.25) is 0 Å². The van der Waals surface area contributed by atoms with Gasteiger partial charge in [0.05, 0.1) is 25.8 Å². The van der Waals surface area contributed by atoms with Gasteiger partial charge < -0.3 is 20.3 Å². The second-order valence-corrected chi connectivity index (χ2v) is 8.64. The number of hydrogen-bond donors (Lipinski definition) is 2. The van der Waals surface area contributed by atoms with Gasteiger partial charge in [0.2, 0.25) is 0 Å². The maximum absolute atomic E-state index is 13.5. The quantitative estimate of drug-likeness (QED) is 0.268. The molecule has 0 spiro atoms. The minimum Gasteiger partial charge on any atom is -0.379 e. The SMILES string of the molecule is CCNC(=NCC(C)N1CCN(CC)CC1)NCC(c1ccc(F)cc1)N1CCOCC1.I. The van der Waals surface area contributed by atoms with Gasteiger partial charge >= 0.3 is 0 Å². The van der Waals surface area contributed by atoms with Gasteiger partial charge in [-0.3, -0.25) is 14.8 Å². The van der Waals surface area contributed by atoms with Crippen molar-refractivity contribution in [2.75, 3.05) is 78.7 Å². The molecule has 0 amide bonds. The van der Waals surface area contributed by atoms with Crippen molar-refractivity contribution in [3.05, 3.63) is 35.6 Å². The lowest BCUT2D eigenvalue weighted by Crippen LogP contribution is -2.50. The summed E-state index contributed by atoms with van der Waals surface area (Å²) in [5.41, 5.74) is 1.11. The second kappa shape index (κ2) is 15.1. The molecule has 2 atom stereocenters. The first-order valence-corrected chi connectivity index (χ1v) is 12.2. The van der Waals surface area contributed by atoms with E-state index in [1.54, 1.807) is 12.1 Å². The summed E-state index contributed by atoms with van der Waals surface area (Å²) in [4.78, 5) is 12.3. The molecule has 2 fully saturated rings. The lowest BCUT2D eigenvalue weighted by Gasteiger charge is -2.37. The topological polar surface area (TPSA) is 55.4 Å². The third-order valence-corrected chi connectivity index (χ3v) is 6.54. The van der Waals surface area contributed by atoms with Crippen molar-refractivity contribution < 1.29 is 9.13 Å². The molecule has 2 saturated heterocycles. The van der Waals surface area contributed by atoms with Gasteiger partial charge in [0, 0.05) is 58.4 Å². The summed E-state index contributed by atoms with van der Waals surface area (Å²) in [6.45, 7) is 17.7. The summed E-state index contributed by atoms with van der Waals surface area (Å²) < 4.78 is 19.0. The van der Waals surface area contributed by atoms with E-state index in [9.17, 15) is 4.39 Å². The lowest BCUT2D eigenvalue weighted by atomic mass is 10.0. The summed E-state index contributed by atoms with van der Waals surface area (Å²) in [5.74, 6) is 0.637. The number of rotatable bonds is 9. The number of ether oxygens (including phenoxy) is 1. The van der Waals surface area contributed by atoms with Crippen molar-refractivity contribution in [3.63, 3.8) is 0 Å². The second-order valence-electron chi connectivity index (χ2n) is 8.64. The Morgan fingerprint density at radius 1 is 1.00 bits per heavy atom. The van der Waals surface area contributed by atoms with Gasteiger partial charge in [-0.25, -0.2) is 4.39 Å². The van der Waals surface area contributed by atoms with E-state index >= 15 is 0 Å². The molecule has 1 aromatic rings. The number of nitrogens with zero attached hydrogens (tertiary/aromatic N) is 4. The van der Waals surface area contributed by atoms with Gasteiger partial charge in [0.25, 0.3) is 0 Å². The minimum atomic E-state index is -0.203. The number of likely N-dealkylation sites (N-methyl/N-ethyl adjacent to an activating group) is 1. The molecule has 33 heavy (non-hydrogen) atoms. The highest BCUT2D eigenvalue weighted by atomic mass is 127. The van der Waals surface area contributed by atoms with Crippen LogP contribution < -0.4 is 10.6 Å². The number of guanidine groups is 1. The van der Waals surface area contributed by atoms with Crippen molar-refractivity contribution >= 4 is 29.9 Å². The summed E-state index contributed by atoms with van der Waals surface area (Å²) in [6.07, 6.45) is 0. The van der Waals surface area contributed by atoms with Crippen LogP contribution in [0.5, 0.6) is 0 Å². The molecule has 188 valence electrons. The van der Waals surface area contributed by atoms with E-state index in [-0.39, 0.29) is 35.8 Å². The summed E-state index contributed by atoms with van der Waals surface area (Å²) in [6, 6.07) is 7.42. The Balaban J connectivity index is 0.00000385. The van der Waals surface area contributed by atoms with Gasteiger partial charge in [-0.15, -0.1) is 24.0 Å². The molecule has 0 aromatic heterocycles. The zero-order valence-corrected chi connectivity index (χ0v) is 22.8. The third-order valence-electron chi connectivity index (χ3n) is 6.54. The highest BCUT2D eigenvalue weighted by molar-refractivity contribution is 14.0. The summed E-state index contributed by atoms with van der Waals surface area (Å²) in [7, 11) is 0. The summed E-state index contributed by atoms with van der Waals surface area (Å²) >= 11 is 0. The minimum absolute atomic E-state index is 0. The zero-order valence-electron chi connectivity index (χ0n) is 20.4. The van der Waals surface area contributed by atoms with E-state index in [1.807, 2.05) is 12.1 Å². The van der Waals surface area contributed by atoms with Gasteiger partial charge in [0.1, 0.15) is 5.82 Å². The van der Waals surface area contributed by atoms with E-state index in [0.717, 1.165) is 83.6 Å². The smallest absolute Gasteiger partial charge is 0.191 e. The van der Waals surface area contributed by atoms with Crippen LogP contribution >= 0.6 is 24.0 Å². The molecule has 0 aliphatic carbocycles. The van der Waals surface area contributed by atoms with Gasteiger partial charge in [-0.1, -0.05) is 19.1 Å². The molecule has 7 nitrogen and oxygen atoms in total. The van der Waals surface area contributed by atoms with Crippen LogP contribution in [-0.2, 0) is 4.74 Å². The van der Waals surface area contributed by atoms with Crippen LogP contribution in [0.3, 0.4) is 0 Å². The molecule has 3 rings (SSSR count). The molecule has 1 aromatic carbocycles. The molecule has 2 aliphatic rings. The van der Waals surface area contributed by atoms with Gasteiger partial charge in [0.15, 0.2) is 5.96 Å². The lowest BCUT2D eigenvalue weighted by molar-refractivity contribution is 0.0170. The highest BCUT2D eigenvalue weighted by Crippen LogP contribution is 2.21. The number of piperazine rings is 1. The molecule has 0 saturated carbocycles. The Hall–Kier alpha value is -1.01. The Morgan fingerprint density at radius 3 is 2.27 bits per heavy atom. The first-order valence-electron chi connectivity index (χ1n) is 12.2. The standard InChI is InChI=1S/C24H41FN6O.HI/c1-4-26-24(27-18-20(3)30-12-10-29(5-2)11-13-30)28-19-23(31-14-16-32-17-15-31)21-6-8-22(25)9-7-21;/h6-9,20,23H,4-5,10-19H2,1-3H3,(H2,26,27,28);1H. The van der Waals surface area contributed by atoms with Crippen LogP contribution in [0.25, 0.3) is 0 Å². The number of morpholine rings is 1. The van der Waals surface area contributed by atoms with E-state index in [1.165, 1.54) is 0 Å². The van der Waals surface area contributed by atoms with E-state index < -0.39 is 0 Å². The van der Waals surface area contributed by atoms with Crippen molar-refractivity contribution in [2.45, 2.75) is 32.9 Å². The predicted molar refractivity (Wildman–Crippen MR) is 144 cm³/mol. The Labute approximate surface area is 216 Å². The number of hydrogen-bond acceptors (Lipinski definition) is 5. The zero-order chi connectivity index (χ0) is 22.8. The number of nitrogens with one attached hydrogen (secondary N) is 2.